The van der Waals surface area contributed by atoms with Gasteiger partial charge in [-0.05, 0) is 26.3 Å². The predicted octanol–water partition coefficient (Wildman–Crippen LogP) is 0.962. The molecule has 1 unspecified atom stereocenters. The molecule has 0 bridgehead atoms. The number of rotatable bonds is 2. The van der Waals surface area contributed by atoms with Crippen LogP contribution in [0.4, 0.5) is 0 Å². The molecule has 0 aromatic heterocycles. The minimum absolute atomic E-state index is 0.00993. The maximum Gasteiger partial charge on any atom is 0.0853 e. The third-order valence-corrected chi connectivity index (χ3v) is 4.63. The van der Waals surface area contributed by atoms with Gasteiger partial charge in [-0.15, -0.1) is 0 Å². The van der Waals surface area contributed by atoms with Crippen LogP contribution in [0.1, 0.15) is 38.5 Å². The third kappa shape index (κ3) is 1.81. The van der Waals surface area contributed by atoms with Crippen LogP contribution in [-0.4, -0.2) is 42.3 Å². The van der Waals surface area contributed by atoms with E-state index in [0.717, 1.165) is 32.4 Å². The normalized spacial score (nSPS) is 37.0. The van der Waals surface area contributed by atoms with E-state index in [1.807, 2.05) is 0 Å². The topological polar surface area (TPSA) is 49.5 Å². The van der Waals surface area contributed by atoms with Gasteiger partial charge < -0.3 is 15.7 Å². The molecule has 0 spiro atoms. The quantitative estimate of drug-likeness (QED) is 0.717. The number of hydrogen-bond acceptors (Lipinski definition) is 3. The fourth-order valence-corrected chi connectivity index (χ4v) is 3.50. The summed E-state index contributed by atoms with van der Waals surface area (Å²) in [5.41, 5.74) is 5.46. The number of nitrogens with zero attached hydrogens (tertiary/aromatic N) is 1. The van der Waals surface area contributed by atoms with Crippen molar-refractivity contribution in [3.63, 3.8) is 0 Å². The second kappa shape index (κ2) is 4.04. The first-order valence-electron chi connectivity index (χ1n) is 6.23. The minimum Gasteiger partial charge on any atom is -0.388 e. The van der Waals surface area contributed by atoms with E-state index >= 15 is 0 Å². The van der Waals surface area contributed by atoms with Crippen molar-refractivity contribution in [1.82, 2.24) is 4.90 Å². The second-order valence-electron chi connectivity index (χ2n) is 5.56. The monoisotopic (exact) mass is 212 g/mol. The third-order valence-electron chi connectivity index (χ3n) is 4.63. The number of β-amino-alcohol motifs (C(OH)–C–C–N with tert-alkyl or cyclic N) is 1. The molecule has 3 nitrogen and oxygen atoms in total. The molecule has 1 saturated heterocycles. The van der Waals surface area contributed by atoms with Crippen LogP contribution in [0.5, 0.6) is 0 Å². The summed E-state index contributed by atoms with van der Waals surface area (Å²) >= 11 is 0. The van der Waals surface area contributed by atoms with Gasteiger partial charge in [-0.25, -0.2) is 0 Å². The zero-order chi connectivity index (χ0) is 10.9. The number of nitrogens with two attached hydrogens (primary N) is 1. The van der Waals surface area contributed by atoms with Crippen LogP contribution < -0.4 is 5.73 Å². The molecule has 1 saturated carbocycles. The van der Waals surface area contributed by atoms with E-state index in [9.17, 15) is 5.11 Å². The zero-order valence-corrected chi connectivity index (χ0v) is 9.84. The molecule has 1 atom stereocenters. The standard InChI is InChI=1S/C12H24N2O/c1-14-8-7-12(15,10-14)11(9-13)5-3-2-4-6-11/h15H,2-10,13H2,1H3. The Morgan fingerprint density at radius 1 is 1.20 bits per heavy atom. The predicted molar refractivity (Wildman–Crippen MR) is 61.6 cm³/mol. The van der Waals surface area contributed by atoms with Gasteiger partial charge in [-0.3, -0.25) is 0 Å². The highest BCUT2D eigenvalue weighted by Gasteiger charge is 2.52. The summed E-state index contributed by atoms with van der Waals surface area (Å²) in [5.74, 6) is 0. The van der Waals surface area contributed by atoms with Gasteiger partial charge in [0, 0.05) is 25.0 Å². The number of likely N-dealkylation sites (tertiary alicyclic amines) is 1. The van der Waals surface area contributed by atoms with Crippen molar-refractivity contribution in [3.8, 4) is 0 Å². The average Bonchev–Trinajstić information content (AvgIpc) is 2.61. The summed E-state index contributed by atoms with van der Waals surface area (Å²) in [4.78, 5) is 2.23. The molecule has 0 amide bonds. The molecular weight excluding hydrogens is 188 g/mol. The molecule has 0 aromatic carbocycles. The van der Waals surface area contributed by atoms with Crippen molar-refractivity contribution in [1.29, 1.82) is 0 Å². The molecule has 15 heavy (non-hydrogen) atoms. The smallest absolute Gasteiger partial charge is 0.0853 e. The maximum atomic E-state index is 10.8. The van der Waals surface area contributed by atoms with Gasteiger partial charge in [-0.1, -0.05) is 19.3 Å². The SMILES string of the molecule is CN1CCC(O)(C2(CN)CCCCC2)C1. The van der Waals surface area contributed by atoms with Gasteiger partial charge in [-0.2, -0.15) is 0 Å². The Hall–Kier alpha value is -0.120. The van der Waals surface area contributed by atoms with Crippen molar-refractivity contribution in [2.24, 2.45) is 11.1 Å². The van der Waals surface area contributed by atoms with E-state index in [1.165, 1.54) is 19.3 Å². The van der Waals surface area contributed by atoms with E-state index in [4.69, 9.17) is 5.73 Å². The lowest BCUT2D eigenvalue weighted by Crippen LogP contribution is -2.55. The van der Waals surface area contributed by atoms with Crippen LogP contribution in [0.25, 0.3) is 0 Å². The van der Waals surface area contributed by atoms with Gasteiger partial charge in [0.05, 0.1) is 5.60 Å². The second-order valence-corrected chi connectivity index (χ2v) is 5.56. The first-order valence-corrected chi connectivity index (χ1v) is 6.23. The Kier molecular flexibility index (Phi) is 3.06. The Labute approximate surface area is 92.6 Å². The van der Waals surface area contributed by atoms with E-state index < -0.39 is 5.60 Å². The molecule has 1 heterocycles. The summed E-state index contributed by atoms with van der Waals surface area (Å²) in [7, 11) is 2.09. The lowest BCUT2D eigenvalue weighted by Gasteiger charge is -2.47. The molecule has 0 aromatic rings. The molecule has 3 heteroatoms. The van der Waals surface area contributed by atoms with Crippen molar-refractivity contribution in [3.05, 3.63) is 0 Å². The van der Waals surface area contributed by atoms with E-state index in [-0.39, 0.29) is 5.41 Å². The van der Waals surface area contributed by atoms with E-state index in [1.54, 1.807) is 0 Å². The summed E-state index contributed by atoms with van der Waals surface area (Å²) in [5, 5.41) is 10.8. The number of hydrogen-bond donors (Lipinski definition) is 2. The van der Waals surface area contributed by atoms with Crippen LogP contribution in [0.2, 0.25) is 0 Å². The largest absolute Gasteiger partial charge is 0.388 e. The molecule has 2 rings (SSSR count). The van der Waals surface area contributed by atoms with Crippen molar-refractivity contribution >= 4 is 0 Å². The van der Waals surface area contributed by atoms with Crippen molar-refractivity contribution in [2.75, 3.05) is 26.7 Å². The van der Waals surface area contributed by atoms with Gasteiger partial charge in [0.2, 0.25) is 0 Å². The summed E-state index contributed by atoms with van der Waals surface area (Å²) in [6.45, 7) is 2.47. The molecule has 3 N–H and O–H groups in total. The summed E-state index contributed by atoms with van der Waals surface area (Å²) in [6.07, 6.45) is 6.93. The highest BCUT2D eigenvalue weighted by molar-refractivity contribution is 5.05. The molecule has 1 aliphatic heterocycles. The molecular formula is C12H24N2O. The van der Waals surface area contributed by atoms with Gasteiger partial charge in [0.15, 0.2) is 0 Å². The Bertz CT molecular complexity index is 226. The summed E-state index contributed by atoms with van der Waals surface area (Å²) in [6, 6.07) is 0. The lowest BCUT2D eigenvalue weighted by atomic mass is 9.63. The zero-order valence-electron chi connectivity index (χ0n) is 9.84. The molecule has 2 aliphatic rings. The first-order chi connectivity index (χ1) is 7.12. The van der Waals surface area contributed by atoms with Gasteiger partial charge in [0.1, 0.15) is 0 Å². The van der Waals surface area contributed by atoms with Crippen LogP contribution in [-0.2, 0) is 0 Å². The maximum absolute atomic E-state index is 10.8. The van der Waals surface area contributed by atoms with Crippen LogP contribution in [0.15, 0.2) is 0 Å². The van der Waals surface area contributed by atoms with Gasteiger partial charge in [0.25, 0.3) is 0 Å². The fraction of sp³-hybridized carbons (Fsp3) is 1.00. The molecule has 0 radical (unpaired) electrons. The Balaban J connectivity index is 2.17. The van der Waals surface area contributed by atoms with E-state index in [2.05, 4.69) is 11.9 Å². The minimum atomic E-state index is -0.517. The lowest BCUT2D eigenvalue weighted by molar-refractivity contribution is -0.0891. The molecule has 88 valence electrons. The van der Waals surface area contributed by atoms with Gasteiger partial charge >= 0.3 is 0 Å². The first kappa shape index (κ1) is 11.4. The molecule has 2 fully saturated rings. The number of aliphatic hydroxyl groups is 1. The number of likely N-dealkylation sites (N-methyl/N-ethyl adjacent to an activating group) is 1. The Morgan fingerprint density at radius 2 is 1.87 bits per heavy atom. The van der Waals surface area contributed by atoms with E-state index in [0.29, 0.717) is 6.54 Å². The molecule has 1 aliphatic carbocycles. The van der Waals surface area contributed by atoms with Crippen LogP contribution in [0.3, 0.4) is 0 Å². The highest BCUT2D eigenvalue weighted by atomic mass is 16.3. The fourth-order valence-electron chi connectivity index (χ4n) is 3.50. The van der Waals surface area contributed by atoms with Crippen molar-refractivity contribution in [2.45, 2.75) is 44.1 Å². The average molecular weight is 212 g/mol. The Morgan fingerprint density at radius 3 is 2.33 bits per heavy atom. The van der Waals surface area contributed by atoms with Crippen LogP contribution >= 0.6 is 0 Å². The summed E-state index contributed by atoms with van der Waals surface area (Å²) < 4.78 is 0. The van der Waals surface area contributed by atoms with Crippen LogP contribution in [0, 0.1) is 5.41 Å². The van der Waals surface area contributed by atoms with Crippen molar-refractivity contribution < 1.29 is 5.11 Å². The highest BCUT2D eigenvalue weighted by Crippen LogP contribution is 2.47.